The summed E-state index contributed by atoms with van der Waals surface area (Å²) in [5.74, 6) is 0.818. The number of carbonyl (C=O) groups is 1. The number of hydrogen-bond acceptors (Lipinski definition) is 2. The standard InChI is InChI=1S/C25H28N2O2/c1-3-26-25(28)27(20(2)23-12-8-5-9-13-23)18-21-14-16-24(17-15-21)29-19-22-10-6-4-7-11-22/h4-17,20H,3,18-19H2,1-2H3,(H,26,28). The molecule has 0 aromatic heterocycles. The summed E-state index contributed by atoms with van der Waals surface area (Å²) in [5.41, 5.74) is 3.31. The normalized spacial score (nSPS) is 11.5. The first kappa shape index (κ1) is 20.5. The number of carbonyl (C=O) groups excluding carboxylic acids is 1. The Morgan fingerprint density at radius 1 is 0.897 bits per heavy atom. The highest BCUT2D eigenvalue weighted by Gasteiger charge is 2.21. The smallest absolute Gasteiger partial charge is 0.318 e. The lowest BCUT2D eigenvalue weighted by Gasteiger charge is -2.30. The first-order valence-corrected chi connectivity index (χ1v) is 10.0. The number of nitrogens with one attached hydrogen (secondary N) is 1. The molecule has 2 amide bonds. The van der Waals surface area contributed by atoms with Gasteiger partial charge in [-0.1, -0.05) is 72.8 Å². The van der Waals surface area contributed by atoms with Crippen LogP contribution in [0.2, 0.25) is 0 Å². The molecular weight excluding hydrogens is 360 g/mol. The molecule has 0 aliphatic rings. The van der Waals surface area contributed by atoms with Crippen molar-refractivity contribution in [2.45, 2.75) is 33.0 Å². The largest absolute Gasteiger partial charge is 0.489 e. The Morgan fingerprint density at radius 3 is 2.14 bits per heavy atom. The molecule has 3 rings (SSSR count). The van der Waals surface area contributed by atoms with Crippen LogP contribution in [0.15, 0.2) is 84.9 Å². The lowest BCUT2D eigenvalue weighted by Crippen LogP contribution is -2.40. The van der Waals surface area contributed by atoms with Gasteiger partial charge in [0.1, 0.15) is 12.4 Å². The van der Waals surface area contributed by atoms with Gasteiger partial charge < -0.3 is 15.0 Å². The van der Waals surface area contributed by atoms with Gasteiger partial charge in [-0.3, -0.25) is 0 Å². The fourth-order valence-electron chi connectivity index (χ4n) is 3.18. The molecule has 1 unspecified atom stereocenters. The molecule has 29 heavy (non-hydrogen) atoms. The second-order valence-electron chi connectivity index (χ2n) is 6.97. The minimum atomic E-state index is -0.0618. The average molecular weight is 389 g/mol. The third-order valence-corrected chi connectivity index (χ3v) is 4.86. The monoisotopic (exact) mass is 388 g/mol. The Hall–Kier alpha value is -3.27. The van der Waals surface area contributed by atoms with E-state index in [1.54, 1.807) is 0 Å². The van der Waals surface area contributed by atoms with Gasteiger partial charge in [-0.2, -0.15) is 0 Å². The Morgan fingerprint density at radius 2 is 1.52 bits per heavy atom. The summed E-state index contributed by atoms with van der Waals surface area (Å²) in [4.78, 5) is 14.5. The summed E-state index contributed by atoms with van der Waals surface area (Å²) >= 11 is 0. The summed E-state index contributed by atoms with van der Waals surface area (Å²) in [5, 5.41) is 2.93. The van der Waals surface area contributed by atoms with Crippen LogP contribution in [0.1, 0.15) is 36.6 Å². The highest BCUT2D eigenvalue weighted by molar-refractivity contribution is 5.74. The summed E-state index contributed by atoms with van der Waals surface area (Å²) in [7, 11) is 0. The molecule has 4 heteroatoms. The Kier molecular flexibility index (Phi) is 7.28. The van der Waals surface area contributed by atoms with Crippen LogP contribution in [0.4, 0.5) is 4.79 Å². The minimum Gasteiger partial charge on any atom is -0.489 e. The van der Waals surface area contributed by atoms with E-state index < -0.39 is 0 Å². The maximum absolute atomic E-state index is 12.7. The van der Waals surface area contributed by atoms with E-state index >= 15 is 0 Å². The first-order valence-electron chi connectivity index (χ1n) is 10.0. The maximum Gasteiger partial charge on any atom is 0.318 e. The molecule has 150 valence electrons. The van der Waals surface area contributed by atoms with Crippen LogP contribution >= 0.6 is 0 Å². The van der Waals surface area contributed by atoms with Crippen molar-refractivity contribution in [1.29, 1.82) is 0 Å². The number of hydrogen-bond donors (Lipinski definition) is 1. The highest BCUT2D eigenvalue weighted by Crippen LogP contribution is 2.23. The zero-order chi connectivity index (χ0) is 20.5. The average Bonchev–Trinajstić information content (AvgIpc) is 2.78. The minimum absolute atomic E-state index is 0.0308. The topological polar surface area (TPSA) is 41.6 Å². The third kappa shape index (κ3) is 5.85. The SMILES string of the molecule is CCNC(=O)N(Cc1ccc(OCc2ccccc2)cc1)C(C)c1ccccc1. The predicted molar refractivity (Wildman–Crippen MR) is 117 cm³/mol. The van der Waals surface area contributed by atoms with Crippen molar-refractivity contribution in [3.05, 3.63) is 102 Å². The van der Waals surface area contributed by atoms with E-state index in [0.29, 0.717) is 19.7 Å². The van der Waals surface area contributed by atoms with Gasteiger partial charge in [0.2, 0.25) is 0 Å². The molecule has 4 nitrogen and oxygen atoms in total. The van der Waals surface area contributed by atoms with Crippen molar-refractivity contribution in [1.82, 2.24) is 10.2 Å². The van der Waals surface area contributed by atoms with Crippen LogP contribution in [0.25, 0.3) is 0 Å². The van der Waals surface area contributed by atoms with Crippen LogP contribution in [-0.4, -0.2) is 17.5 Å². The number of nitrogens with zero attached hydrogens (tertiary/aromatic N) is 1. The molecule has 3 aromatic carbocycles. The molecule has 0 saturated carbocycles. The third-order valence-electron chi connectivity index (χ3n) is 4.86. The first-order chi connectivity index (χ1) is 14.2. The van der Waals surface area contributed by atoms with Gasteiger partial charge in [0.05, 0.1) is 6.04 Å². The molecule has 0 aliphatic carbocycles. The zero-order valence-electron chi connectivity index (χ0n) is 17.0. The zero-order valence-corrected chi connectivity index (χ0v) is 17.0. The van der Waals surface area contributed by atoms with E-state index in [2.05, 4.69) is 24.4 Å². The lowest BCUT2D eigenvalue weighted by molar-refractivity contribution is 0.176. The van der Waals surface area contributed by atoms with Crippen LogP contribution in [0.5, 0.6) is 5.75 Å². The molecule has 0 aliphatic heterocycles. The lowest BCUT2D eigenvalue weighted by atomic mass is 10.1. The van der Waals surface area contributed by atoms with Crippen LogP contribution in [0, 0.1) is 0 Å². The molecule has 0 fully saturated rings. The van der Waals surface area contributed by atoms with Crippen molar-refractivity contribution in [2.75, 3.05) is 6.54 Å². The summed E-state index contributed by atoms with van der Waals surface area (Å²) in [6.07, 6.45) is 0. The molecule has 0 bridgehead atoms. The second kappa shape index (κ2) is 10.3. The van der Waals surface area contributed by atoms with Gasteiger partial charge in [0.15, 0.2) is 0 Å². The summed E-state index contributed by atoms with van der Waals surface area (Å²) in [6.45, 7) is 5.66. The predicted octanol–water partition coefficient (Wildman–Crippen LogP) is 5.56. The molecule has 0 spiro atoms. The van der Waals surface area contributed by atoms with Gasteiger partial charge in [-0.15, -0.1) is 0 Å². The second-order valence-corrected chi connectivity index (χ2v) is 6.97. The fourth-order valence-corrected chi connectivity index (χ4v) is 3.18. The number of ether oxygens (including phenoxy) is 1. The van der Waals surface area contributed by atoms with E-state index in [0.717, 1.165) is 22.4 Å². The van der Waals surface area contributed by atoms with E-state index in [1.165, 1.54) is 0 Å². The molecular formula is C25H28N2O2. The van der Waals surface area contributed by atoms with Crippen LogP contribution in [0.3, 0.4) is 0 Å². The van der Waals surface area contributed by atoms with Gasteiger partial charge in [-0.25, -0.2) is 4.79 Å². The number of urea groups is 1. The highest BCUT2D eigenvalue weighted by atomic mass is 16.5. The molecule has 1 N–H and O–H groups in total. The van der Waals surface area contributed by atoms with E-state index in [4.69, 9.17) is 4.74 Å². The number of rotatable bonds is 8. The maximum atomic E-state index is 12.7. The van der Waals surface area contributed by atoms with Crippen molar-refractivity contribution in [2.24, 2.45) is 0 Å². The van der Waals surface area contributed by atoms with Crippen molar-refractivity contribution >= 4 is 6.03 Å². The molecule has 0 saturated heterocycles. The van der Waals surface area contributed by atoms with Gasteiger partial charge in [0, 0.05) is 13.1 Å². The fraction of sp³-hybridized carbons (Fsp3) is 0.240. The van der Waals surface area contributed by atoms with Crippen molar-refractivity contribution < 1.29 is 9.53 Å². The molecule has 1 atom stereocenters. The number of amides is 2. The van der Waals surface area contributed by atoms with Gasteiger partial charge in [-0.05, 0) is 42.7 Å². The summed E-state index contributed by atoms with van der Waals surface area (Å²) < 4.78 is 5.86. The number of benzene rings is 3. The summed E-state index contributed by atoms with van der Waals surface area (Å²) in [6, 6.07) is 28.1. The van der Waals surface area contributed by atoms with Gasteiger partial charge >= 0.3 is 6.03 Å². The van der Waals surface area contributed by atoms with E-state index in [1.807, 2.05) is 84.6 Å². The van der Waals surface area contributed by atoms with E-state index in [-0.39, 0.29) is 12.1 Å². The Bertz CT molecular complexity index is 880. The van der Waals surface area contributed by atoms with Crippen molar-refractivity contribution in [3.63, 3.8) is 0 Å². The quantitative estimate of drug-likeness (QED) is 0.549. The molecule has 0 radical (unpaired) electrons. The van der Waals surface area contributed by atoms with Crippen molar-refractivity contribution in [3.8, 4) is 5.75 Å². The molecule has 3 aromatic rings. The Balaban J connectivity index is 1.67. The van der Waals surface area contributed by atoms with Gasteiger partial charge in [0.25, 0.3) is 0 Å². The van der Waals surface area contributed by atoms with E-state index in [9.17, 15) is 4.79 Å². The Labute approximate surface area is 173 Å². The molecule has 0 heterocycles. The van der Waals surface area contributed by atoms with Crippen LogP contribution in [-0.2, 0) is 13.2 Å². The van der Waals surface area contributed by atoms with Crippen LogP contribution < -0.4 is 10.1 Å².